The molecule has 0 bridgehead atoms. The van der Waals surface area contributed by atoms with Crippen LogP contribution in [0.4, 0.5) is 16.2 Å². The van der Waals surface area contributed by atoms with Crippen molar-refractivity contribution in [3.8, 4) is 5.75 Å². The SMILES string of the molecule is Cc1ccc(NC(=O)Nc2cc(OOSN)ccc2Cl)cc1. The number of anilines is 2. The molecule has 0 aliphatic heterocycles. The number of carbonyl (C=O) groups is 1. The second-order valence-electron chi connectivity index (χ2n) is 4.33. The number of benzene rings is 2. The summed E-state index contributed by atoms with van der Waals surface area (Å²) in [5.41, 5.74) is 2.17. The fourth-order valence-corrected chi connectivity index (χ4v) is 1.92. The summed E-state index contributed by atoms with van der Waals surface area (Å²) in [6, 6.07) is 11.7. The Morgan fingerprint density at radius 1 is 1.18 bits per heavy atom. The van der Waals surface area contributed by atoms with E-state index in [1.165, 1.54) is 6.07 Å². The third-order valence-electron chi connectivity index (χ3n) is 2.66. The molecule has 8 heteroatoms. The molecule has 0 radical (unpaired) electrons. The van der Waals surface area contributed by atoms with Gasteiger partial charge in [-0.1, -0.05) is 33.6 Å². The number of carbonyl (C=O) groups excluding carboxylic acids is 1. The van der Waals surface area contributed by atoms with E-state index in [2.05, 4.69) is 15.0 Å². The fourth-order valence-electron chi connectivity index (χ4n) is 1.63. The summed E-state index contributed by atoms with van der Waals surface area (Å²) >= 11 is 6.60. The summed E-state index contributed by atoms with van der Waals surface area (Å²) in [5.74, 6) is 0.355. The highest BCUT2D eigenvalue weighted by Crippen LogP contribution is 2.27. The molecule has 2 rings (SSSR count). The van der Waals surface area contributed by atoms with Crippen molar-refractivity contribution >= 4 is 41.2 Å². The Kier molecular flexibility index (Phi) is 5.91. The van der Waals surface area contributed by atoms with Crippen LogP contribution in [0, 0.1) is 6.92 Å². The Hall–Kier alpha value is -1.93. The number of hydrogen-bond acceptors (Lipinski definition) is 5. The summed E-state index contributed by atoms with van der Waals surface area (Å²) in [4.78, 5) is 16.8. The van der Waals surface area contributed by atoms with Gasteiger partial charge in [0, 0.05) is 11.8 Å². The zero-order chi connectivity index (χ0) is 15.9. The van der Waals surface area contributed by atoms with Crippen LogP contribution in [0.1, 0.15) is 5.56 Å². The van der Waals surface area contributed by atoms with Crippen molar-refractivity contribution in [2.24, 2.45) is 5.14 Å². The predicted octanol–water partition coefficient (Wildman–Crippen LogP) is 4.12. The van der Waals surface area contributed by atoms with E-state index in [4.69, 9.17) is 21.6 Å². The Bertz CT molecular complexity index is 652. The van der Waals surface area contributed by atoms with Gasteiger partial charge in [-0.15, -0.1) is 0 Å². The number of urea groups is 1. The zero-order valence-electron chi connectivity index (χ0n) is 11.6. The topological polar surface area (TPSA) is 85.6 Å². The van der Waals surface area contributed by atoms with Crippen LogP contribution in [0.25, 0.3) is 0 Å². The van der Waals surface area contributed by atoms with Crippen LogP contribution in [-0.2, 0) is 4.33 Å². The number of halogens is 1. The van der Waals surface area contributed by atoms with Crippen LogP contribution in [0.15, 0.2) is 42.5 Å². The molecule has 0 heterocycles. The summed E-state index contributed by atoms with van der Waals surface area (Å²) in [7, 11) is 0. The van der Waals surface area contributed by atoms with Gasteiger partial charge in [-0.3, -0.25) is 5.14 Å². The Morgan fingerprint density at radius 2 is 1.91 bits per heavy atom. The molecule has 0 aromatic heterocycles. The van der Waals surface area contributed by atoms with Gasteiger partial charge in [-0.2, -0.15) is 0 Å². The first-order valence-electron chi connectivity index (χ1n) is 6.23. The maximum atomic E-state index is 12.0. The minimum atomic E-state index is -0.419. The average Bonchev–Trinajstić information content (AvgIpc) is 2.50. The van der Waals surface area contributed by atoms with Crippen LogP contribution in [0.5, 0.6) is 5.75 Å². The smallest absolute Gasteiger partial charge is 0.323 e. The highest BCUT2D eigenvalue weighted by molar-refractivity contribution is 7.92. The molecule has 0 aliphatic carbocycles. The first-order valence-corrected chi connectivity index (χ1v) is 7.41. The minimum absolute atomic E-state index is 0.355. The van der Waals surface area contributed by atoms with Gasteiger partial charge < -0.3 is 15.5 Å². The van der Waals surface area contributed by atoms with Crippen molar-refractivity contribution in [1.82, 2.24) is 0 Å². The van der Waals surface area contributed by atoms with Crippen molar-refractivity contribution in [2.75, 3.05) is 10.6 Å². The van der Waals surface area contributed by atoms with Crippen LogP contribution >= 0.6 is 23.8 Å². The van der Waals surface area contributed by atoms with Crippen LogP contribution in [0.3, 0.4) is 0 Å². The molecule has 0 fully saturated rings. The number of aryl methyl sites for hydroxylation is 1. The standard InChI is InChI=1S/C14H14ClN3O3S/c1-9-2-4-10(5-3-9)17-14(19)18-13-8-11(20-21-22-16)6-7-12(13)15/h2-8H,16H2,1H3,(H2,17,18,19). The van der Waals surface area contributed by atoms with Crippen LogP contribution in [-0.4, -0.2) is 6.03 Å². The van der Waals surface area contributed by atoms with Gasteiger partial charge >= 0.3 is 6.03 Å². The van der Waals surface area contributed by atoms with Crippen molar-refractivity contribution in [3.05, 3.63) is 53.1 Å². The summed E-state index contributed by atoms with van der Waals surface area (Å²) < 4.78 is 4.55. The number of amides is 2. The van der Waals surface area contributed by atoms with Crippen molar-refractivity contribution in [1.29, 1.82) is 0 Å². The summed E-state index contributed by atoms with van der Waals surface area (Å²) in [6.07, 6.45) is 0. The quantitative estimate of drug-likeness (QED) is 0.330. The van der Waals surface area contributed by atoms with E-state index in [1.807, 2.05) is 31.2 Å². The first-order chi connectivity index (χ1) is 10.6. The molecule has 0 saturated heterocycles. The average molecular weight is 340 g/mol. The molecular weight excluding hydrogens is 326 g/mol. The number of rotatable bonds is 5. The van der Waals surface area contributed by atoms with Gasteiger partial charge in [-0.05, 0) is 31.2 Å². The van der Waals surface area contributed by atoms with Crippen molar-refractivity contribution in [2.45, 2.75) is 6.92 Å². The van der Waals surface area contributed by atoms with E-state index >= 15 is 0 Å². The lowest BCUT2D eigenvalue weighted by molar-refractivity contribution is -0.0776. The lowest BCUT2D eigenvalue weighted by Gasteiger charge is -2.10. The Labute approximate surface area is 137 Å². The number of nitrogens with two attached hydrogens (primary N) is 1. The first kappa shape index (κ1) is 16.4. The second kappa shape index (κ2) is 7.90. The van der Waals surface area contributed by atoms with Gasteiger partial charge in [0.25, 0.3) is 0 Å². The zero-order valence-corrected chi connectivity index (χ0v) is 13.2. The lowest BCUT2D eigenvalue weighted by atomic mass is 10.2. The van der Waals surface area contributed by atoms with E-state index < -0.39 is 6.03 Å². The molecule has 6 nitrogen and oxygen atoms in total. The van der Waals surface area contributed by atoms with Gasteiger partial charge in [-0.25, -0.2) is 4.79 Å². The second-order valence-corrected chi connectivity index (χ2v) is 5.07. The van der Waals surface area contributed by atoms with Gasteiger partial charge in [0.05, 0.1) is 10.7 Å². The van der Waals surface area contributed by atoms with Gasteiger partial charge in [0.1, 0.15) is 12.2 Å². The lowest BCUT2D eigenvalue weighted by Crippen LogP contribution is -2.19. The third-order valence-corrected chi connectivity index (χ3v) is 3.14. The molecule has 116 valence electrons. The molecule has 4 N–H and O–H groups in total. The summed E-state index contributed by atoms with van der Waals surface area (Å²) in [5, 5.41) is 10.8. The Morgan fingerprint density at radius 3 is 2.59 bits per heavy atom. The van der Waals surface area contributed by atoms with E-state index in [9.17, 15) is 4.79 Å². The molecule has 2 aromatic rings. The maximum Gasteiger partial charge on any atom is 0.323 e. The molecular formula is C14H14ClN3O3S. The van der Waals surface area contributed by atoms with E-state index in [0.29, 0.717) is 34.4 Å². The monoisotopic (exact) mass is 339 g/mol. The van der Waals surface area contributed by atoms with E-state index in [0.717, 1.165) is 5.56 Å². The molecule has 0 spiro atoms. The van der Waals surface area contributed by atoms with Crippen molar-refractivity contribution < 1.29 is 14.0 Å². The molecule has 2 amide bonds. The molecule has 0 atom stereocenters. The normalized spacial score (nSPS) is 10.1. The molecule has 22 heavy (non-hydrogen) atoms. The number of hydrogen-bond donors (Lipinski definition) is 3. The maximum absolute atomic E-state index is 12.0. The highest BCUT2D eigenvalue weighted by Gasteiger charge is 2.08. The van der Waals surface area contributed by atoms with Crippen LogP contribution < -0.4 is 20.7 Å². The van der Waals surface area contributed by atoms with Gasteiger partial charge in [0.2, 0.25) is 0 Å². The minimum Gasteiger partial charge on any atom is -0.324 e. The predicted molar refractivity (Wildman–Crippen MR) is 88.8 cm³/mol. The van der Waals surface area contributed by atoms with Crippen molar-refractivity contribution in [3.63, 3.8) is 0 Å². The molecule has 0 saturated carbocycles. The molecule has 0 aliphatic rings. The van der Waals surface area contributed by atoms with Gasteiger partial charge in [0.15, 0.2) is 5.75 Å². The molecule has 0 unspecified atom stereocenters. The van der Waals surface area contributed by atoms with E-state index in [1.54, 1.807) is 12.1 Å². The summed E-state index contributed by atoms with van der Waals surface area (Å²) in [6.45, 7) is 1.97. The molecule has 2 aromatic carbocycles. The Balaban J connectivity index is 2.02. The van der Waals surface area contributed by atoms with Crippen LogP contribution in [0.2, 0.25) is 5.02 Å². The third kappa shape index (κ3) is 4.81. The highest BCUT2D eigenvalue weighted by atomic mass is 35.5. The number of nitrogens with one attached hydrogen (secondary N) is 2. The largest absolute Gasteiger partial charge is 0.324 e. The fraction of sp³-hybridized carbons (Fsp3) is 0.0714. The van der Waals surface area contributed by atoms with E-state index in [-0.39, 0.29) is 0 Å².